The van der Waals surface area contributed by atoms with Crippen LogP contribution in [0.15, 0.2) is 24.3 Å². The van der Waals surface area contributed by atoms with Crippen LogP contribution >= 0.6 is 0 Å². The molecular weight excluding hydrogens is 312 g/mol. The molecule has 1 aromatic carbocycles. The van der Waals surface area contributed by atoms with Crippen LogP contribution in [0, 0.1) is 18.6 Å². The Morgan fingerprint density at radius 1 is 1.08 bits per heavy atom. The van der Waals surface area contributed by atoms with Gasteiger partial charge in [0.25, 0.3) is 0 Å². The van der Waals surface area contributed by atoms with Crippen LogP contribution in [-0.4, -0.2) is 47.6 Å². The summed E-state index contributed by atoms with van der Waals surface area (Å²) in [4.78, 5) is 13.3. The van der Waals surface area contributed by atoms with Gasteiger partial charge in [0.1, 0.15) is 34.8 Å². The van der Waals surface area contributed by atoms with Crippen LogP contribution in [0.1, 0.15) is 12.7 Å². The lowest BCUT2D eigenvalue weighted by Crippen LogP contribution is -2.46. The molecular formula is C17H21F2N5. The molecule has 0 saturated carbocycles. The van der Waals surface area contributed by atoms with Crippen molar-refractivity contribution < 1.29 is 8.78 Å². The molecule has 1 saturated heterocycles. The second-order valence-electron chi connectivity index (χ2n) is 5.80. The Labute approximate surface area is 140 Å². The minimum absolute atomic E-state index is 0.197. The minimum atomic E-state index is -0.649. The summed E-state index contributed by atoms with van der Waals surface area (Å²) in [7, 11) is 0. The SMILES string of the molecule is CCN1CCN(c2cc(Nc3c(F)cccc3F)nc(C)n2)CC1. The molecule has 5 nitrogen and oxygen atoms in total. The average Bonchev–Trinajstić information content (AvgIpc) is 2.58. The quantitative estimate of drug-likeness (QED) is 0.932. The molecule has 0 atom stereocenters. The Morgan fingerprint density at radius 2 is 1.75 bits per heavy atom. The van der Waals surface area contributed by atoms with Gasteiger partial charge in [-0.1, -0.05) is 13.0 Å². The first kappa shape index (κ1) is 16.6. The monoisotopic (exact) mass is 333 g/mol. The van der Waals surface area contributed by atoms with Gasteiger partial charge in [-0.3, -0.25) is 0 Å². The molecule has 3 rings (SSSR count). The maximum absolute atomic E-state index is 13.8. The number of hydrogen-bond acceptors (Lipinski definition) is 5. The molecule has 24 heavy (non-hydrogen) atoms. The number of aromatic nitrogens is 2. The summed E-state index contributed by atoms with van der Waals surface area (Å²) in [6.45, 7) is 8.66. The highest BCUT2D eigenvalue weighted by Crippen LogP contribution is 2.24. The van der Waals surface area contributed by atoms with E-state index in [1.807, 2.05) is 0 Å². The molecule has 0 aliphatic carbocycles. The standard InChI is InChI=1S/C17H21F2N5/c1-3-23-7-9-24(10-8-23)16-11-15(20-12(2)21-16)22-17-13(18)5-4-6-14(17)19/h4-6,11H,3,7-10H2,1-2H3,(H,20,21,22). The van der Waals surface area contributed by atoms with Crippen molar-refractivity contribution in [1.29, 1.82) is 0 Å². The van der Waals surface area contributed by atoms with E-state index in [1.165, 1.54) is 18.2 Å². The van der Waals surface area contributed by atoms with Crippen molar-refractivity contribution in [3.05, 3.63) is 41.7 Å². The number of hydrogen-bond donors (Lipinski definition) is 1. The van der Waals surface area contributed by atoms with Gasteiger partial charge in [0.05, 0.1) is 0 Å². The minimum Gasteiger partial charge on any atom is -0.354 e. The number of anilines is 3. The van der Waals surface area contributed by atoms with Crippen molar-refractivity contribution in [3.63, 3.8) is 0 Å². The zero-order chi connectivity index (χ0) is 17.1. The number of piperazine rings is 1. The third-order valence-electron chi connectivity index (χ3n) is 4.18. The highest BCUT2D eigenvalue weighted by atomic mass is 19.1. The van der Waals surface area contributed by atoms with Gasteiger partial charge in [0.2, 0.25) is 0 Å². The lowest BCUT2D eigenvalue weighted by Gasteiger charge is -2.34. The molecule has 0 radical (unpaired) electrons. The number of para-hydroxylation sites is 1. The van der Waals surface area contributed by atoms with Crippen LogP contribution < -0.4 is 10.2 Å². The number of halogens is 2. The van der Waals surface area contributed by atoms with E-state index < -0.39 is 11.6 Å². The van der Waals surface area contributed by atoms with Gasteiger partial charge < -0.3 is 15.1 Å². The second kappa shape index (κ2) is 7.09. The Kier molecular flexibility index (Phi) is 4.89. The molecule has 0 amide bonds. The van der Waals surface area contributed by atoms with Gasteiger partial charge in [-0.05, 0) is 25.6 Å². The van der Waals surface area contributed by atoms with Crippen LogP contribution in [0.5, 0.6) is 0 Å². The second-order valence-corrected chi connectivity index (χ2v) is 5.80. The third-order valence-corrected chi connectivity index (χ3v) is 4.18. The number of aryl methyl sites for hydroxylation is 1. The third kappa shape index (κ3) is 3.62. The highest BCUT2D eigenvalue weighted by Gasteiger charge is 2.18. The smallest absolute Gasteiger partial charge is 0.149 e. The van der Waals surface area contributed by atoms with E-state index in [-0.39, 0.29) is 5.69 Å². The Bertz CT molecular complexity index is 694. The number of likely N-dealkylation sites (N-methyl/N-ethyl adjacent to an activating group) is 1. The van der Waals surface area contributed by atoms with Crippen LogP contribution in [-0.2, 0) is 0 Å². The Morgan fingerprint density at radius 3 is 2.38 bits per heavy atom. The molecule has 0 spiro atoms. The van der Waals surface area contributed by atoms with E-state index in [9.17, 15) is 8.78 Å². The fourth-order valence-electron chi connectivity index (χ4n) is 2.82. The maximum atomic E-state index is 13.8. The summed E-state index contributed by atoms with van der Waals surface area (Å²) in [5.74, 6) is 0.426. The first-order chi connectivity index (χ1) is 11.6. The van der Waals surface area contributed by atoms with Crippen molar-refractivity contribution in [2.24, 2.45) is 0 Å². The van der Waals surface area contributed by atoms with Crippen molar-refractivity contribution in [2.75, 3.05) is 42.9 Å². The summed E-state index contributed by atoms with van der Waals surface area (Å²) in [5.41, 5.74) is -0.197. The van der Waals surface area contributed by atoms with Gasteiger partial charge in [0, 0.05) is 32.2 Å². The largest absolute Gasteiger partial charge is 0.354 e. The van der Waals surface area contributed by atoms with Crippen molar-refractivity contribution in [2.45, 2.75) is 13.8 Å². The molecule has 1 fully saturated rings. The fraction of sp³-hybridized carbons (Fsp3) is 0.412. The molecule has 2 aromatic rings. The normalized spacial score (nSPS) is 15.6. The van der Waals surface area contributed by atoms with Gasteiger partial charge in [-0.15, -0.1) is 0 Å². The van der Waals surface area contributed by atoms with Gasteiger partial charge in [-0.25, -0.2) is 18.7 Å². The predicted molar refractivity (Wildman–Crippen MR) is 90.7 cm³/mol. The first-order valence-electron chi connectivity index (χ1n) is 8.11. The number of nitrogens with one attached hydrogen (secondary N) is 1. The summed E-state index contributed by atoms with van der Waals surface area (Å²) in [6.07, 6.45) is 0. The Balaban J connectivity index is 1.82. The molecule has 128 valence electrons. The number of nitrogens with zero attached hydrogens (tertiary/aromatic N) is 4. The fourth-order valence-corrected chi connectivity index (χ4v) is 2.82. The zero-order valence-corrected chi connectivity index (χ0v) is 13.9. The van der Waals surface area contributed by atoms with Gasteiger partial charge in [-0.2, -0.15) is 0 Å². The van der Waals surface area contributed by atoms with Crippen molar-refractivity contribution in [1.82, 2.24) is 14.9 Å². The van der Waals surface area contributed by atoms with E-state index in [4.69, 9.17) is 0 Å². The molecule has 1 aliphatic rings. The van der Waals surface area contributed by atoms with Crippen LogP contribution in [0.4, 0.5) is 26.1 Å². The predicted octanol–water partition coefficient (Wildman–Crippen LogP) is 2.95. The summed E-state index contributed by atoms with van der Waals surface area (Å²) < 4.78 is 27.6. The molecule has 7 heteroatoms. The Hall–Kier alpha value is -2.28. The van der Waals surface area contributed by atoms with Gasteiger partial charge in [0.15, 0.2) is 0 Å². The number of rotatable bonds is 4. The summed E-state index contributed by atoms with van der Waals surface area (Å²) >= 11 is 0. The summed E-state index contributed by atoms with van der Waals surface area (Å²) in [5, 5.41) is 2.74. The molecule has 1 N–H and O–H groups in total. The zero-order valence-electron chi connectivity index (χ0n) is 13.9. The lowest BCUT2D eigenvalue weighted by atomic mass is 10.3. The highest BCUT2D eigenvalue weighted by molar-refractivity contribution is 5.61. The van der Waals surface area contributed by atoms with Crippen molar-refractivity contribution >= 4 is 17.3 Å². The molecule has 0 bridgehead atoms. The molecule has 2 heterocycles. The van der Waals surface area contributed by atoms with Crippen LogP contribution in [0.2, 0.25) is 0 Å². The van der Waals surface area contributed by atoms with E-state index in [1.54, 1.807) is 13.0 Å². The first-order valence-corrected chi connectivity index (χ1v) is 8.11. The molecule has 1 aromatic heterocycles. The maximum Gasteiger partial charge on any atom is 0.149 e. The lowest BCUT2D eigenvalue weighted by molar-refractivity contribution is 0.270. The van der Waals surface area contributed by atoms with E-state index in [0.29, 0.717) is 11.6 Å². The number of benzene rings is 1. The van der Waals surface area contributed by atoms with Crippen molar-refractivity contribution in [3.8, 4) is 0 Å². The van der Waals surface area contributed by atoms with Crippen LogP contribution in [0.3, 0.4) is 0 Å². The van der Waals surface area contributed by atoms with E-state index in [2.05, 4.69) is 32.0 Å². The van der Waals surface area contributed by atoms with E-state index >= 15 is 0 Å². The average molecular weight is 333 g/mol. The topological polar surface area (TPSA) is 44.3 Å². The van der Waals surface area contributed by atoms with E-state index in [0.717, 1.165) is 38.5 Å². The summed E-state index contributed by atoms with van der Waals surface area (Å²) in [6, 6.07) is 5.49. The molecule has 0 unspecified atom stereocenters. The molecule has 1 aliphatic heterocycles. The van der Waals surface area contributed by atoms with Crippen LogP contribution in [0.25, 0.3) is 0 Å². The van der Waals surface area contributed by atoms with Gasteiger partial charge >= 0.3 is 0 Å².